The standard InChI is InChI=1S/C15H25N3O2/c1-11-5-6-18(10-13(11)8-16)12(2)15(19)17-9-14-4-3-7-20-14/h3-4,7,11-13H,5-6,8-10,16H2,1-2H3,(H,17,19). The van der Waals surface area contributed by atoms with Gasteiger partial charge in [-0.3, -0.25) is 9.69 Å². The lowest BCUT2D eigenvalue weighted by atomic mass is 9.86. The van der Waals surface area contributed by atoms with Crippen LogP contribution in [0.4, 0.5) is 0 Å². The molecular weight excluding hydrogens is 254 g/mol. The molecule has 0 radical (unpaired) electrons. The van der Waals surface area contributed by atoms with Gasteiger partial charge in [-0.15, -0.1) is 0 Å². The van der Waals surface area contributed by atoms with E-state index < -0.39 is 0 Å². The maximum Gasteiger partial charge on any atom is 0.237 e. The van der Waals surface area contributed by atoms with E-state index in [0.717, 1.165) is 25.3 Å². The van der Waals surface area contributed by atoms with Gasteiger partial charge in [0.15, 0.2) is 0 Å². The highest BCUT2D eigenvalue weighted by Gasteiger charge is 2.30. The molecular formula is C15H25N3O2. The molecule has 0 saturated carbocycles. The Morgan fingerprint density at radius 2 is 2.45 bits per heavy atom. The summed E-state index contributed by atoms with van der Waals surface area (Å²) in [4.78, 5) is 14.4. The molecule has 0 bridgehead atoms. The van der Waals surface area contributed by atoms with Gasteiger partial charge in [0.2, 0.25) is 5.91 Å². The molecule has 0 spiro atoms. The van der Waals surface area contributed by atoms with Crippen LogP contribution in [0.2, 0.25) is 0 Å². The fraction of sp³-hybridized carbons (Fsp3) is 0.667. The van der Waals surface area contributed by atoms with Crippen LogP contribution in [0.3, 0.4) is 0 Å². The van der Waals surface area contributed by atoms with Crippen molar-refractivity contribution >= 4 is 5.91 Å². The van der Waals surface area contributed by atoms with Gasteiger partial charge in [-0.05, 0) is 50.4 Å². The minimum atomic E-state index is -0.119. The van der Waals surface area contributed by atoms with Crippen molar-refractivity contribution in [3.63, 3.8) is 0 Å². The summed E-state index contributed by atoms with van der Waals surface area (Å²) in [5, 5.41) is 2.92. The second-order valence-corrected chi connectivity index (χ2v) is 5.73. The van der Waals surface area contributed by atoms with E-state index in [1.54, 1.807) is 6.26 Å². The van der Waals surface area contributed by atoms with E-state index >= 15 is 0 Å². The molecule has 0 aliphatic carbocycles. The van der Waals surface area contributed by atoms with Crippen molar-refractivity contribution in [2.45, 2.75) is 32.9 Å². The van der Waals surface area contributed by atoms with Crippen molar-refractivity contribution in [1.82, 2.24) is 10.2 Å². The van der Waals surface area contributed by atoms with Crippen LogP contribution in [-0.4, -0.2) is 36.5 Å². The smallest absolute Gasteiger partial charge is 0.237 e. The molecule has 20 heavy (non-hydrogen) atoms. The number of piperidine rings is 1. The van der Waals surface area contributed by atoms with E-state index in [0.29, 0.717) is 24.9 Å². The van der Waals surface area contributed by atoms with Crippen LogP contribution in [0.15, 0.2) is 22.8 Å². The number of amides is 1. The molecule has 2 heterocycles. The first kappa shape index (κ1) is 15.1. The summed E-state index contributed by atoms with van der Waals surface area (Å²) in [5.74, 6) is 1.96. The summed E-state index contributed by atoms with van der Waals surface area (Å²) in [7, 11) is 0. The fourth-order valence-electron chi connectivity index (χ4n) is 2.74. The van der Waals surface area contributed by atoms with E-state index in [1.165, 1.54) is 0 Å². The van der Waals surface area contributed by atoms with Crippen LogP contribution in [-0.2, 0) is 11.3 Å². The number of nitrogens with one attached hydrogen (secondary N) is 1. The Kier molecular flexibility index (Phi) is 5.20. The van der Waals surface area contributed by atoms with Gasteiger partial charge in [0.25, 0.3) is 0 Å². The number of hydrogen-bond donors (Lipinski definition) is 2. The first-order chi connectivity index (χ1) is 9.61. The van der Waals surface area contributed by atoms with Crippen LogP contribution >= 0.6 is 0 Å². The summed E-state index contributed by atoms with van der Waals surface area (Å²) in [5.41, 5.74) is 5.82. The van der Waals surface area contributed by atoms with Crippen LogP contribution in [0, 0.1) is 11.8 Å². The van der Waals surface area contributed by atoms with E-state index in [9.17, 15) is 4.79 Å². The van der Waals surface area contributed by atoms with Gasteiger partial charge < -0.3 is 15.5 Å². The lowest BCUT2D eigenvalue weighted by Crippen LogP contribution is -2.51. The summed E-state index contributed by atoms with van der Waals surface area (Å²) in [6.45, 7) is 7.22. The molecule has 3 N–H and O–H groups in total. The molecule has 3 atom stereocenters. The number of rotatable bonds is 5. The Morgan fingerprint density at radius 3 is 3.10 bits per heavy atom. The van der Waals surface area contributed by atoms with Gasteiger partial charge in [0, 0.05) is 6.54 Å². The molecule has 2 rings (SSSR count). The molecule has 1 aromatic rings. The largest absolute Gasteiger partial charge is 0.467 e. The Morgan fingerprint density at radius 1 is 1.65 bits per heavy atom. The minimum absolute atomic E-state index is 0.0479. The number of nitrogens with two attached hydrogens (primary N) is 1. The zero-order valence-corrected chi connectivity index (χ0v) is 12.3. The molecule has 112 valence electrons. The van der Waals surface area contributed by atoms with Crippen molar-refractivity contribution in [3.05, 3.63) is 24.2 Å². The van der Waals surface area contributed by atoms with Gasteiger partial charge in [0.1, 0.15) is 5.76 Å². The van der Waals surface area contributed by atoms with Gasteiger partial charge in [-0.2, -0.15) is 0 Å². The highest BCUT2D eigenvalue weighted by molar-refractivity contribution is 5.81. The van der Waals surface area contributed by atoms with E-state index in [1.807, 2.05) is 19.1 Å². The van der Waals surface area contributed by atoms with Crippen LogP contribution < -0.4 is 11.1 Å². The lowest BCUT2D eigenvalue weighted by Gasteiger charge is -2.39. The lowest BCUT2D eigenvalue weighted by molar-refractivity contribution is -0.127. The summed E-state index contributed by atoms with van der Waals surface area (Å²) in [6.07, 6.45) is 2.72. The highest BCUT2D eigenvalue weighted by Crippen LogP contribution is 2.23. The van der Waals surface area contributed by atoms with Crippen LogP contribution in [0.1, 0.15) is 26.0 Å². The van der Waals surface area contributed by atoms with Crippen molar-refractivity contribution in [2.75, 3.05) is 19.6 Å². The van der Waals surface area contributed by atoms with Gasteiger partial charge in [-0.1, -0.05) is 6.92 Å². The normalized spacial score (nSPS) is 25.4. The maximum absolute atomic E-state index is 12.2. The van der Waals surface area contributed by atoms with Gasteiger partial charge >= 0.3 is 0 Å². The van der Waals surface area contributed by atoms with E-state index in [4.69, 9.17) is 10.2 Å². The summed E-state index contributed by atoms with van der Waals surface area (Å²) < 4.78 is 5.21. The molecule has 0 aromatic carbocycles. The molecule has 1 aliphatic rings. The quantitative estimate of drug-likeness (QED) is 0.849. The van der Waals surface area contributed by atoms with Crippen molar-refractivity contribution in [2.24, 2.45) is 17.6 Å². The molecule has 5 heteroatoms. The van der Waals surface area contributed by atoms with E-state index in [2.05, 4.69) is 17.1 Å². The van der Waals surface area contributed by atoms with Crippen molar-refractivity contribution in [1.29, 1.82) is 0 Å². The number of carbonyl (C=O) groups is 1. The second kappa shape index (κ2) is 6.90. The first-order valence-electron chi connectivity index (χ1n) is 7.36. The second-order valence-electron chi connectivity index (χ2n) is 5.73. The SMILES string of the molecule is CC1CCN(C(C)C(=O)NCc2ccco2)CC1CN. The third-order valence-electron chi connectivity index (χ3n) is 4.39. The van der Waals surface area contributed by atoms with E-state index in [-0.39, 0.29) is 11.9 Å². The number of carbonyl (C=O) groups excluding carboxylic acids is 1. The summed E-state index contributed by atoms with van der Waals surface area (Å²) >= 11 is 0. The van der Waals surface area contributed by atoms with Crippen molar-refractivity contribution < 1.29 is 9.21 Å². The summed E-state index contributed by atoms with van der Waals surface area (Å²) in [6, 6.07) is 3.56. The van der Waals surface area contributed by atoms with Gasteiger partial charge in [0.05, 0.1) is 18.8 Å². The Balaban J connectivity index is 1.83. The monoisotopic (exact) mass is 279 g/mol. The molecule has 5 nitrogen and oxygen atoms in total. The first-order valence-corrected chi connectivity index (χ1v) is 7.36. The predicted octanol–water partition coefficient (Wildman–Crippen LogP) is 1.20. The third kappa shape index (κ3) is 3.61. The third-order valence-corrected chi connectivity index (χ3v) is 4.39. The molecule has 1 fully saturated rings. The average Bonchev–Trinajstić information content (AvgIpc) is 2.97. The zero-order chi connectivity index (χ0) is 14.5. The Labute approximate surface area is 120 Å². The molecule has 1 saturated heterocycles. The highest BCUT2D eigenvalue weighted by atomic mass is 16.3. The predicted molar refractivity (Wildman–Crippen MR) is 77.9 cm³/mol. The molecule has 1 aromatic heterocycles. The topological polar surface area (TPSA) is 71.5 Å². The molecule has 1 aliphatic heterocycles. The average molecular weight is 279 g/mol. The number of hydrogen-bond acceptors (Lipinski definition) is 4. The maximum atomic E-state index is 12.2. The van der Waals surface area contributed by atoms with Crippen LogP contribution in [0.25, 0.3) is 0 Å². The number of furan rings is 1. The fourth-order valence-corrected chi connectivity index (χ4v) is 2.74. The van der Waals surface area contributed by atoms with Crippen molar-refractivity contribution in [3.8, 4) is 0 Å². The Hall–Kier alpha value is -1.33. The molecule has 3 unspecified atom stereocenters. The number of likely N-dealkylation sites (tertiary alicyclic amines) is 1. The zero-order valence-electron chi connectivity index (χ0n) is 12.3. The Bertz CT molecular complexity index is 419. The number of nitrogens with zero attached hydrogens (tertiary/aromatic N) is 1. The van der Waals surface area contributed by atoms with Gasteiger partial charge in [-0.25, -0.2) is 0 Å². The molecule has 1 amide bonds. The minimum Gasteiger partial charge on any atom is -0.467 e. The van der Waals surface area contributed by atoms with Crippen LogP contribution in [0.5, 0.6) is 0 Å².